The van der Waals surface area contributed by atoms with Crippen molar-refractivity contribution in [3.05, 3.63) is 106 Å². The van der Waals surface area contributed by atoms with Gasteiger partial charge < -0.3 is 14.8 Å². The molecule has 194 valence electrons. The average molecular weight is 546 g/mol. The van der Waals surface area contributed by atoms with Crippen LogP contribution in [0.15, 0.2) is 83.3 Å². The molecule has 2 aliphatic heterocycles. The number of aryl methyl sites for hydroxylation is 1. The molecule has 0 aromatic heterocycles. The van der Waals surface area contributed by atoms with Crippen molar-refractivity contribution in [2.24, 2.45) is 0 Å². The molecule has 0 aliphatic carbocycles. The van der Waals surface area contributed by atoms with E-state index in [1.807, 2.05) is 31.2 Å². The van der Waals surface area contributed by atoms with Crippen LogP contribution in [-0.4, -0.2) is 25.4 Å². The van der Waals surface area contributed by atoms with E-state index in [-0.39, 0.29) is 16.4 Å². The maximum Gasteiger partial charge on any atom is 0.294 e. The minimum absolute atomic E-state index is 0.0666. The van der Waals surface area contributed by atoms with Crippen LogP contribution in [-0.2, 0) is 25.4 Å². The molecule has 37 heavy (non-hydrogen) atoms. The zero-order valence-electron chi connectivity index (χ0n) is 20.1. The van der Waals surface area contributed by atoms with Gasteiger partial charge >= 0.3 is 0 Å². The predicted octanol–water partition coefficient (Wildman–Crippen LogP) is 5.49. The Morgan fingerprint density at radius 3 is 2.46 bits per heavy atom. The number of rotatable bonds is 3. The number of hydrogen-bond acceptors (Lipinski definition) is 5. The Labute approximate surface area is 219 Å². The van der Waals surface area contributed by atoms with E-state index in [0.717, 1.165) is 16.7 Å². The summed E-state index contributed by atoms with van der Waals surface area (Å²) in [5, 5.41) is 3.07. The molecule has 2 heterocycles. The summed E-state index contributed by atoms with van der Waals surface area (Å²) in [5.74, 6) is -1.40. The quantitative estimate of drug-likeness (QED) is 0.422. The number of fused-ring (bicyclic) bond motifs is 1. The topological polar surface area (TPSA) is 102 Å². The van der Waals surface area contributed by atoms with Crippen molar-refractivity contribution >= 4 is 27.6 Å². The van der Waals surface area contributed by atoms with Crippen molar-refractivity contribution in [1.82, 2.24) is 5.32 Å². The Balaban J connectivity index is 0.000000245. The molecule has 5 rings (SSSR count). The number of carbonyl (C=O) groups is 1. The van der Waals surface area contributed by atoms with Crippen molar-refractivity contribution in [2.45, 2.75) is 37.1 Å². The van der Waals surface area contributed by atoms with Crippen LogP contribution >= 0.6 is 11.6 Å². The molecule has 0 saturated heterocycles. The molecule has 0 fully saturated rings. The fraction of sp³-hybridized carbons (Fsp3) is 0.222. The highest BCUT2D eigenvalue weighted by molar-refractivity contribution is 7.85. The van der Waals surface area contributed by atoms with E-state index >= 15 is 0 Å². The minimum atomic E-state index is -4.02. The Kier molecular flexibility index (Phi) is 7.70. The van der Waals surface area contributed by atoms with Gasteiger partial charge in [-0.25, -0.2) is 4.39 Å². The first-order valence-electron chi connectivity index (χ1n) is 11.4. The van der Waals surface area contributed by atoms with Crippen LogP contribution in [0.25, 0.3) is 0 Å². The van der Waals surface area contributed by atoms with Crippen molar-refractivity contribution in [3.63, 3.8) is 0 Å². The van der Waals surface area contributed by atoms with Gasteiger partial charge in [0.05, 0.1) is 10.5 Å². The Hall–Kier alpha value is -3.24. The number of carbonyl (C=O) groups excluding carboxylic acids is 1. The van der Waals surface area contributed by atoms with Crippen molar-refractivity contribution in [3.8, 4) is 5.75 Å². The van der Waals surface area contributed by atoms with Crippen LogP contribution in [0.5, 0.6) is 5.75 Å². The molecule has 0 radical (unpaired) electrons. The van der Waals surface area contributed by atoms with E-state index in [1.165, 1.54) is 18.2 Å². The standard InChI is InChI=1S/C20H17ClFNO3.C7H8O3S/c1-20(15-7-6-13(21)11-16(15)22)25-17-5-3-2-4-14(17)19(26-20)12-8-9-23-18(24)10-12;1-6-2-4-7(5-3-6)11(8,9)10/h2-7,10-11,19H,8-9H2,1H3,(H,23,24);2-5H,1H3,(H,8,9,10). The molecule has 0 spiro atoms. The number of ether oxygens (including phenoxy) is 2. The van der Waals surface area contributed by atoms with Gasteiger partial charge in [-0.3, -0.25) is 9.35 Å². The van der Waals surface area contributed by atoms with E-state index < -0.39 is 27.8 Å². The first-order chi connectivity index (χ1) is 17.5. The second-order valence-electron chi connectivity index (χ2n) is 8.76. The predicted molar refractivity (Wildman–Crippen MR) is 136 cm³/mol. The molecule has 7 nitrogen and oxygen atoms in total. The number of nitrogens with one attached hydrogen (secondary N) is 1. The number of para-hydroxylation sites is 1. The average Bonchev–Trinajstić information content (AvgIpc) is 2.83. The van der Waals surface area contributed by atoms with Crippen molar-refractivity contribution < 1.29 is 31.6 Å². The lowest BCUT2D eigenvalue weighted by molar-refractivity contribution is -0.220. The molecule has 2 N–H and O–H groups in total. The van der Waals surface area contributed by atoms with Gasteiger partial charge in [-0.2, -0.15) is 8.42 Å². The molecular formula is C27H25ClFNO6S. The first-order valence-corrected chi connectivity index (χ1v) is 13.2. The number of benzene rings is 3. The summed E-state index contributed by atoms with van der Waals surface area (Å²) < 4.78 is 56.4. The van der Waals surface area contributed by atoms with Crippen LogP contribution in [0, 0.1) is 12.7 Å². The number of halogens is 2. The first kappa shape index (κ1) is 26.8. The maximum absolute atomic E-state index is 14.6. The van der Waals surface area contributed by atoms with Crippen LogP contribution in [0.4, 0.5) is 4.39 Å². The summed E-state index contributed by atoms with van der Waals surface area (Å²) in [7, 11) is -4.02. The third kappa shape index (κ3) is 6.19. The molecule has 0 bridgehead atoms. The fourth-order valence-corrected chi connectivity index (χ4v) is 4.74. The summed E-state index contributed by atoms with van der Waals surface area (Å²) >= 11 is 5.87. The number of hydrogen-bond donors (Lipinski definition) is 2. The molecule has 3 aromatic rings. The van der Waals surface area contributed by atoms with Gasteiger partial charge in [-0.05, 0) is 55.3 Å². The SMILES string of the molecule is CC1(c2ccc(Cl)cc2F)Oc2ccccc2C(C2=CC(=O)NCC2)O1.Cc1ccc(S(=O)(=O)O)cc1. The normalized spacial score (nSPS) is 20.9. The highest BCUT2D eigenvalue weighted by Crippen LogP contribution is 2.47. The lowest BCUT2D eigenvalue weighted by atomic mass is 9.93. The monoisotopic (exact) mass is 545 g/mol. The minimum Gasteiger partial charge on any atom is -0.458 e. The molecule has 2 aliphatic rings. The summed E-state index contributed by atoms with van der Waals surface area (Å²) in [4.78, 5) is 11.7. The Morgan fingerprint density at radius 2 is 1.81 bits per heavy atom. The van der Waals surface area contributed by atoms with Gasteiger partial charge in [-0.1, -0.05) is 47.5 Å². The van der Waals surface area contributed by atoms with Crippen LogP contribution in [0.3, 0.4) is 0 Å². The Bertz CT molecular complexity index is 1460. The third-order valence-corrected chi connectivity index (χ3v) is 7.06. The van der Waals surface area contributed by atoms with E-state index in [2.05, 4.69) is 5.32 Å². The third-order valence-electron chi connectivity index (χ3n) is 5.95. The summed E-state index contributed by atoms with van der Waals surface area (Å²) in [6, 6.07) is 17.8. The second-order valence-corrected chi connectivity index (χ2v) is 10.6. The van der Waals surface area contributed by atoms with E-state index in [4.69, 9.17) is 25.6 Å². The van der Waals surface area contributed by atoms with E-state index in [1.54, 1.807) is 37.3 Å². The van der Waals surface area contributed by atoms with E-state index in [9.17, 15) is 17.6 Å². The van der Waals surface area contributed by atoms with Crippen LogP contribution in [0.2, 0.25) is 5.02 Å². The molecular weight excluding hydrogens is 521 g/mol. The van der Waals surface area contributed by atoms with Crippen LogP contribution in [0.1, 0.15) is 36.1 Å². The molecule has 2 unspecified atom stereocenters. The van der Waals surface area contributed by atoms with Gasteiger partial charge in [0.1, 0.15) is 17.7 Å². The highest BCUT2D eigenvalue weighted by atomic mass is 35.5. The lowest BCUT2D eigenvalue weighted by Gasteiger charge is -2.41. The van der Waals surface area contributed by atoms with E-state index in [0.29, 0.717) is 23.7 Å². The van der Waals surface area contributed by atoms with Gasteiger partial charge in [0.15, 0.2) is 0 Å². The van der Waals surface area contributed by atoms with Crippen LogP contribution < -0.4 is 10.1 Å². The van der Waals surface area contributed by atoms with Crippen molar-refractivity contribution in [2.75, 3.05) is 6.54 Å². The maximum atomic E-state index is 14.6. The lowest BCUT2D eigenvalue weighted by Crippen LogP contribution is -2.40. The zero-order valence-corrected chi connectivity index (χ0v) is 21.6. The van der Waals surface area contributed by atoms with Crippen molar-refractivity contribution in [1.29, 1.82) is 0 Å². The number of amides is 1. The van der Waals surface area contributed by atoms with Gasteiger partial charge in [0.25, 0.3) is 10.1 Å². The zero-order chi connectivity index (χ0) is 26.8. The van der Waals surface area contributed by atoms with Gasteiger partial charge in [0, 0.05) is 30.1 Å². The summed E-state index contributed by atoms with van der Waals surface area (Å²) in [5.41, 5.74) is 2.87. The van der Waals surface area contributed by atoms with Gasteiger partial charge in [-0.15, -0.1) is 0 Å². The molecule has 10 heteroatoms. The summed E-state index contributed by atoms with van der Waals surface area (Å²) in [6.07, 6.45) is 1.71. The fourth-order valence-electron chi connectivity index (χ4n) is 4.10. The molecule has 1 amide bonds. The molecule has 2 atom stereocenters. The largest absolute Gasteiger partial charge is 0.458 e. The van der Waals surface area contributed by atoms with Gasteiger partial charge in [0.2, 0.25) is 11.7 Å². The second kappa shape index (κ2) is 10.6. The molecule has 3 aromatic carbocycles. The summed E-state index contributed by atoms with van der Waals surface area (Å²) in [6.45, 7) is 4.05. The highest BCUT2D eigenvalue weighted by Gasteiger charge is 2.43. The smallest absolute Gasteiger partial charge is 0.294 e. The molecule has 0 saturated carbocycles. The Morgan fingerprint density at radius 1 is 1.11 bits per heavy atom.